The van der Waals surface area contributed by atoms with Gasteiger partial charge >= 0.3 is 0 Å². The van der Waals surface area contributed by atoms with Gasteiger partial charge in [-0.3, -0.25) is 4.79 Å². The van der Waals surface area contributed by atoms with Crippen LogP contribution in [0.3, 0.4) is 0 Å². The first kappa shape index (κ1) is 22.9. The Morgan fingerprint density at radius 2 is 1.91 bits per heavy atom. The third-order valence-electron chi connectivity index (χ3n) is 5.62. The summed E-state index contributed by atoms with van der Waals surface area (Å²) in [6.07, 6.45) is 2.95. The topological polar surface area (TPSA) is 115 Å². The van der Waals surface area contributed by atoms with Gasteiger partial charge < -0.3 is 14.2 Å². The molecule has 0 spiro atoms. The van der Waals surface area contributed by atoms with Crippen molar-refractivity contribution in [1.82, 2.24) is 19.8 Å². The molecule has 1 saturated heterocycles. The predicted octanol–water partition coefficient (Wildman–Crippen LogP) is 3.16. The van der Waals surface area contributed by atoms with E-state index in [4.69, 9.17) is 9.26 Å². The van der Waals surface area contributed by atoms with Gasteiger partial charge in [0.2, 0.25) is 21.7 Å². The lowest BCUT2D eigenvalue weighted by atomic mass is 10.1. The van der Waals surface area contributed by atoms with Crippen molar-refractivity contribution in [3.8, 4) is 17.1 Å². The first-order valence-corrected chi connectivity index (χ1v) is 12.2. The van der Waals surface area contributed by atoms with Crippen LogP contribution in [0.15, 0.2) is 51.9 Å². The highest BCUT2D eigenvalue weighted by Crippen LogP contribution is 2.26. The van der Waals surface area contributed by atoms with E-state index < -0.39 is 10.0 Å². The lowest BCUT2D eigenvalue weighted by molar-refractivity contribution is 0.0720. The van der Waals surface area contributed by atoms with Crippen molar-refractivity contribution in [1.29, 1.82) is 0 Å². The summed E-state index contributed by atoms with van der Waals surface area (Å²) in [5, 5.41) is 3.94. The average Bonchev–Trinajstić information content (AvgIpc) is 3.31. The summed E-state index contributed by atoms with van der Waals surface area (Å²) in [5.41, 5.74) is 2.02. The van der Waals surface area contributed by atoms with E-state index in [1.807, 2.05) is 31.2 Å². The molecular formula is C23H26N4O5S. The third kappa shape index (κ3) is 5.07. The van der Waals surface area contributed by atoms with Gasteiger partial charge in [-0.1, -0.05) is 29.4 Å². The number of carbonyl (C=O) groups is 1. The molecule has 0 unspecified atom stereocenters. The van der Waals surface area contributed by atoms with Gasteiger partial charge in [-0.2, -0.15) is 4.98 Å². The molecule has 0 aliphatic carbocycles. The number of nitrogens with zero attached hydrogens (tertiary/aromatic N) is 3. The minimum Gasteiger partial charge on any atom is -0.496 e. The van der Waals surface area contributed by atoms with Gasteiger partial charge in [0, 0.05) is 18.7 Å². The maximum atomic E-state index is 13.0. The Morgan fingerprint density at radius 3 is 2.64 bits per heavy atom. The number of ether oxygens (including phenoxy) is 1. The van der Waals surface area contributed by atoms with Gasteiger partial charge in [0.15, 0.2) is 0 Å². The number of methoxy groups -OCH3 is 1. The zero-order valence-corrected chi connectivity index (χ0v) is 19.4. The average molecular weight is 471 g/mol. The molecule has 9 nitrogen and oxygen atoms in total. The Balaban J connectivity index is 1.52. The van der Waals surface area contributed by atoms with Crippen molar-refractivity contribution in [2.75, 3.05) is 20.2 Å². The van der Waals surface area contributed by atoms with E-state index >= 15 is 0 Å². The molecule has 0 atom stereocenters. The van der Waals surface area contributed by atoms with Crippen LogP contribution >= 0.6 is 0 Å². The number of piperidine rings is 1. The van der Waals surface area contributed by atoms with Gasteiger partial charge in [-0.05, 0) is 49.9 Å². The lowest BCUT2D eigenvalue weighted by Crippen LogP contribution is -2.36. The minimum atomic E-state index is -3.94. The summed E-state index contributed by atoms with van der Waals surface area (Å²) in [5.74, 6) is 0.629. The molecule has 1 N–H and O–H groups in total. The zero-order valence-electron chi connectivity index (χ0n) is 18.6. The molecule has 33 heavy (non-hydrogen) atoms. The van der Waals surface area contributed by atoms with Gasteiger partial charge in [0.05, 0.1) is 24.1 Å². The highest BCUT2D eigenvalue weighted by atomic mass is 32.2. The first-order valence-electron chi connectivity index (χ1n) is 10.7. The largest absolute Gasteiger partial charge is 0.496 e. The fourth-order valence-electron chi connectivity index (χ4n) is 3.79. The third-order valence-corrected chi connectivity index (χ3v) is 7.02. The smallest absolute Gasteiger partial charge is 0.257 e. The van der Waals surface area contributed by atoms with E-state index in [0.29, 0.717) is 24.7 Å². The number of aromatic nitrogens is 2. The summed E-state index contributed by atoms with van der Waals surface area (Å²) in [4.78, 5) is 19.0. The van der Waals surface area contributed by atoms with E-state index in [-0.39, 0.29) is 28.8 Å². The van der Waals surface area contributed by atoms with Crippen LogP contribution in [0.25, 0.3) is 11.4 Å². The summed E-state index contributed by atoms with van der Waals surface area (Å²) >= 11 is 0. The molecule has 1 aromatic heterocycles. The maximum absolute atomic E-state index is 13.0. The van der Waals surface area contributed by atoms with Crippen molar-refractivity contribution in [3.05, 3.63) is 59.5 Å². The quantitative estimate of drug-likeness (QED) is 0.564. The number of aryl methyl sites for hydroxylation is 1. The van der Waals surface area contributed by atoms with Crippen LogP contribution in [0.4, 0.5) is 0 Å². The Labute approximate surface area is 192 Å². The van der Waals surface area contributed by atoms with E-state index in [9.17, 15) is 13.2 Å². The minimum absolute atomic E-state index is 0.0395. The first-order chi connectivity index (χ1) is 15.9. The number of carbonyl (C=O) groups excluding carboxylic acids is 1. The molecule has 3 aromatic rings. The van der Waals surface area contributed by atoms with E-state index in [2.05, 4.69) is 14.9 Å². The van der Waals surface area contributed by atoms with Crippen LogP contribution in [0.5, 0.6) is 5.75 Å². The van der Waals surface area contributed by atoms with Crippen molar-refractivity contribution in [3.63, 3.8) is 0 Å². The van der Waals surface area contributed by atoms with E-state index in [1.54, 1.807) is 4.90 Å². The Hall–Kier alpha value is -3.24. The molecule has 2 aromatic carbocycles. The van der Waals surface area contributed by atoms with Crippen LogP contribution in [0.1, 0.15) is 41.1 Å². The molecule has 4 rings (SSSR count). The molecule has 10 heteroatoms. The Morgan fingerprint density at radius 1 is 1.15 bits per heavy atom. The van der Waals surface area contributed by atoms with Gasteiger partial charge in [0.25, 0.3) is 5.91 Å². The highest BCUT2D eigenvalue weighted by Gasteiger charge is 2.25. The second kappa shape index (κ2) is 9.72. The van der Waals surface area contributed by atoms with E-state index in [0.717, 1.165) is 30.4 Å². The van der Waals surface area contributed by atoms with Crippen LogP contribution in [-0.2, 0) is 16.6 Å². The molecular weight excluding hydrogens is 444 g/mol. The number of amides is 1. The standard InChI is InChI=1S/C23H26N4O5S/c1-16-8-4-5-9-18(16)22-25-21(32-26-22)15-24-33(29,30)17-10-11-20(31-2)19(14-17)23(28)27-12-6-3-7-13-27/h4-5,8-11,14,24H,3,6-7,12-13,15H2,1-2H3. The number of likely N-dealkylation sites (tertiary alicyclic amines) is 1. The zero-order chi connectivity index (χ0) is 23.4. The molecule has 1 fully saturated rings. The fraction of sp³-hybridized carbons (Fsp3) is 0.348. The number of hydrogen-bond acceptors (Lipinski definition) is 7. The number of sulfonamides is 1. The molecule has 2 heterocycles. The summed E-state index contributed by atoms with van der Waals surface area (Å²) in [6, 6.07) is 11.8. The van der Waals surface area contributed by atoms with Crippen molar-refractivity contribution in [2.45, 2.75) is 37.6 Å². The molecule has 1 aliphatic heterocycles. The molecule has 0 bridgehead atoms. The van der Waals surface area contributed by atoms with Gasteiger partial charge in [-0.25, -0.2) is 13.1 Å². The van der Waals surface area contributed by atoms with Gasteiger partial charge in [0.1, 0.15) is 5.75 Å². The molecule has 0 saturated carbocycles. The van der Waals surface area contributed by atoms with Crippen molar-refractivity contribution in [2.24, 2.45) is 0 Å². The van der Waals surface area contributed by atoms with Crippen LogP contribution < -0.4 is 9.46 Å². The normalized spacial score (nSPS) is 14.3. The highest BCUT2D eigenvalue weighted by molar-refractivity contribution is 7.89. The maximum Gasteiger partial charge on any atom is 0.257 e. The van der Waals surface area contributed by atoms with E-state index in [1.165, 1.54) is 25.3 Å². The summed E-state index contributed by atoms with van der Waals surface area (Å²) in [7, 11) is -2.48. The Kier molecular flexibility index (Phi) is 6.75. The summed E-state index contributed by atoms with van der Waals surface area (Å²) < 4.78 is 38.8. The number of nitrogens with one attached hydrogen (secondary N) is 1. The fourth-order valence-corrected chi connectivity index (χ4v) is 4.79. The monoisotopic (exact) mass is 470 g/mol. The number of hydrogen-bond donors (Lipinski definition) is 1. The number of benzene rings is 2. The predicted molar refractivity (Wildman–Crippen MR) is 121 cm³/mol. The summed E-state index contributed by atoms with van der Waals surface area (Å²) in [6.45, 7) is 3.05. The van der Waals surface area contributed by atoms with Crippen LogP contribution in [0, 0.1) is 6.92 Å². The van der Waals surface area contributed by atoms with Crippen molar-refractivity contribution < 1.29 is 22.5 Å². The second-order valence-corrected chi connectivity index (χ2v) is 9.63. The molecule has 1 amide bonds. The lowest BCUT2D eigenvalue weighted by Gasteiger charge is -2.27. The Bertz CT molecular complexity index is 1250. The van der Waals surface area contributed by atoms with Crippen LogP contribution in [-0.4, -0.2) is 49.6 Å². The van der Waals surface area contributed by atoms with Crippen LogP contribution in [0.2, 0.25) is 0 Å². The second-order valence-electron chi connectivity index (χ2n) is 7.87. The van der Waals surface area contributed by atoms with Crippen molar-refractivity contribution >= 4 is 15.9 Å². The van der Waals surface area contributed by atoms with Gasteiger partial charge in [-0.15, -0.1) is 0 Å². The molecule has 0 radical (unpaired) electrons. The number of rotatable bonds is 7. The molecule has 1 aliphatic rings. The molecule has 174 valence electrons. The SMILES string of the molecule is COc1ccc(S(=O)(=O)NCc2nc(-c3ccccc3C)no2)cc1C(=O)N1CCCCC1.